The average Bonchev–Trinajstić information content (AvgIpc) is 3.04. The highest BCUT2D eigenvalue weighted by Gasteiger charge is 2.31. The monoisotopic (exact) mass is 718 g/mol. The number of ether oxygens (including phenoxy) is 2. The molecule has 3 N–H and O–H groups in total. The van der Waals surface area contributed by atoms with E-state index in [-0.39, 0.29) is 41.0 Å². The van der Waals surface area contributed by atoms with Gasteiger partial charge in [0.25, 0.3) is 0 Å². The number of anilines is 2. The summed E-state index contributed by atoms with van der Waals surface area (Å²) in [5.41, 5.74) is 1.68. The van der Waals surface area contributed by atoms with Crippen LogP contribution >= 0.6 is 12.4 Å². The molecule has 2 aromatic heterocycles. The number of piperidine rings is 1. The molecule has 0 aliphatic carbocycles. The number of hydrogen-bond donors (Lipinski definition) is 3. The van der Waals surface area contributed by atoms with E-state index in [1.54, 1.807) is 49.6 Å². The van der Waals surface area contributed by atoms with Gasteiger partial charge in [0.15, 0.2) is 0 Å². The Labute approximate surface area is 285 Å². The van der Waals surface area contributed by atoms with E-state index < -0.39 is 33.7 Å². The molecule has 1 aliphatic heterocycles. The molecule has 5 aromatic rings. The number of pyridine rings is 1. The van der Waals surface area contributed by atoms with Crippen LogP contribution < -0.4 is 24.8 Å². The zero-order valence-electron chi connectivity index (χ0n) is 25.9. The number of aryl methyl sites for hydroxylation is 1. The van der Waals surface area contributed by atoms with Crippen molar-refractivity contribution >= 4 is 44.8 Å². The van der Waals surface area contributed by atoms with Crippen LogP contribution in [0.1, 0.15) is 24.0 Å². The lowest BCUT2D eigenvalue weighted by Crippen LogP contribution is -2.38. The largest absolute Gasteiger partial charge is 0.573 e. The lowest BCUT2D eigenvalue weighted by molar-refractivity contribution is -0.274. The summed E-state index contributed by atoms with van der Waals surface area (Å²) < 4.78 is 91.5. The molecular weight excluding hydrogens is 688 g/mol. The Hall–Kier alpha value is -4.73. The fourth-order valence-corrected chi connectivity index (χ4v) is 6.62. The maximum absolute atomic E-state index is 15.2. The second-order valence-electron chi connectivity index (χ2n) is 11.2. The van der Waals surface area contributed by atoms with Crippen LogP contribution in [0.3, 0.4) is 0 Å². The van der Waals surface area contributed by atoms with Crippen LogP contribution in [0.5, 0.6) is 17.4 Å². The predicted molar refractivity (Wildman–Crippen MR) is 180 cm³/mol. The highest BCUT2D eigenvalue weighted by molar-refractivity contribution is 7.91. The van der Waals surface area contributed by atoms with E-state index in [0.717, 1.165) is 44.1 Å². The first kappa shape index (κ1) is 35.6. The molecule has 1 fully saturated rings. The van der Waals surface area contributed by atoms with Gasteiger partial charge in [-0.1, -0.05) is 24.3 Å². The molecule has 0 spiro atoms. The number of sulfonamides is 1. The second kappa shape index (κ2) is 14.8. The van der Waals surface area contributed by atoms with Gasteiger partial charge in [-0.15, -0.1) is 25.6 Å². The molecule has 0 bridgehead atoms. The number of aromatic nitrogens is 3. The molecule has 258 valence electrons. The molecule has 1 saturated heterocycles. The van der Waals surface area contributed by atoms with Gasteiger partial charge in [0.1, 0.15) is 17.3 Å². The molecule has 10 nitrogen and oxygen atoms in total. The summed E-state index contributed by atoms with van der Waals surface area (Å²) in [7, 11) is -4.22. The van der Waals surface area contributed by atoms with Crippen LogP contribution in [-0.4, -0.2) is 48.9 Å². The first-order valence-electron chi connectivity index (χ1n) is 14.9. The van der Waals surface area contributed by atoms with Crippen LogP contribution in [0, 0.1) is 12.7 Å². The van der Waals surface area contributed by atoms with E-state index in [4.69, 9.17) is 9.72 Å². The van der Waals surface area contributed by atoms with Crippen molar-refractivity contribution in [2.45, 2.75) is 37.9 Å². The Balaban J connectivity index is 0.00000468. The summed E-state index contributed by atoms with van der Waals surface area (Å²) in [5, 5.41) is 7.35. The average molecular weight is 719 g/mol. The smallest absolute Gasteiger partial charge is 0.437 e. The van der Waals surface area contributed by atoms with Crippen molar-refractivity contribution in [1.29, 1.82) is 0 Å². The molecule has 6 rings (SSSR count). The fourth-order valence-electron chi connectivity index (χ4n) is 5.40. The van der Waals surface area contributed by atoms with Crippen molar-refractivity contribution in [3.63, 3.8) is 0 Å². The number of halogens is 5. The molecule has 0 saturated carbocycles. The zero-order valence-corrected chi connectivity index (χ0v) is 27.6. The summed E-state index contributed by atoms with van der Waals surface area (Å²) in [6, 6.07) is 15.7. The molecule has 1 atom stereocenters. The third-order valence-electron chi connectivity index (χ3n) is 7.60. The van der Waals surface area contributed by atoms with E-state index >= 15 is 4.39 Å². The third-order valence-corrected chi connectivity index (χ3v) is 8.83. The van der Waals surface area contributed by atoms with Crippen molar-refractivity contribution in [3.05, 3.63) is 96.1 Å². The summed E-state index contributed by atoms with van der Waals surface area (Å²) in [5.74, 6) is -0.938. The summed E-state index contributed by atoms with van der Waals surface area (Å²) in [4.78, 5) is 13.5. The van der Waals surface area contributed by atoms with Gasteiger partial charge in [0.05, 0.1) is 22.7 Å². The summed E-state index contributed by atoms with van der Waals surface area (Å²) in [6.07, 6.45) is 0.368. The van der Waals surface area contributed by atoms with Gasteiger partial charge < -0.3 is 20.1 Å². The minimum absolute atomic E-state index is 0. The predicted octanol–water partition coefficient (Wildman–Crippen LogP) is 7.36. The zero-order chi connectivity index (χ0) is 33.9. The quantitative estimate of drug-likeness (QED) is 0.127. The molecule has 0 radical (unpaired) electrons. The standard InChI is InChI=1S/C33H30F4N6O4S.ClH/c1-20-6-11-24-25(12-13-27(34)29(24)43-48(44,45)19-21-7-9-23(10-8-21)47-33(35,36)37)30(20)46-31-26(5-3-16-39-31)28-14-17-40-32(42-28)41-22-4-2-15-38-18-22;/h3,5-14,16-17,22,38,43H,2,4,15,18-19H2,1H3,(H,40,41,42);1H. The Bertz CT molecular complexity index is 2050. The van der Waals surface area contributed by atoms with Crippen molar-refractivity contribution in [2.75, 3.05) is 23.1 Å². The van der Waals surface area contributed by atoms with Gasteiger partial charge in [0, 0.05) is 35.8 Å². The molecule has 1 unspecified atom stereocenters. The van der Waals surface area contributed by atoms with E-state index in [1.165, 1.54) is 18.2 Å². The SMILES string of the molecule is Cc1ccc2c(NS(=O)(=O)Cc3ccc(OC(F)(F)F)cc3)c(F)ccc2c1Oc1ncccc1-c1ccnc(NC2CCCNC2)n1.Cl. The number of alkyl halides is 3. The van der Waals surface area contributed by atoms with Crippen molar-refractivity contribution in [1.82, 2.24) is 20.3 Å². The van der Waals surface area contributed by atoms with Gasteiger partial charge >= 0.3 is 6.36 Å². The Morgan fingerprint density at radius 2 is 1.76 bits per heavy atom. The molecule has 1 aliphatic rings. The molecule has 0 amide bonds. The number of nitrogens with zero attached hydrogens (tertiary/aromatic N) is 3. The van der Waals surface area contributed by atoms with Crippen molar-refractivity contribution in [3.8, 4) is 28.6 Å². The van der Waals surface area contributed by atoms with E-state index in [9.17, 15) is 21.6 Å². The third kappa shape index (κ3) is 8.85. The molecule has 3 heterocycles. The first-order valence-corrected chi connectivity index (χ1v) is 16.6. The fraction of sp³-hybridized carbons (Fsp3) is 0.242. The number of nitrogens with one attached hydrogen (secondary N) is 3. The molecule has 49 heavy (non-hydrogen) atoms. The normalized spacial score (nSPS) is 14.9. The van der Waals surface area contributed by atoms with Crippen LogP contribution in [0.2, 0.25) is 0 Å². The Morgan fingerprint density at radius 1 is 0.980 bits per heavy atom. The van der Waals surface area contributed by atoms with Gasteiger partial charge in [-0.3, -0.25) is 4.72 Å². The lowest BCUT2D eigenvalue weighted by atomic mass is 10.0. The highest BCUT2D eigenvalue weighted by atomic mass is 35.5. The molecule has 16 heteroatoms. The van der Waals surface area contributed by atoms with Crippen molar-refractivity contribution in [2.24, 2.45) is 0 Å². The number of fused-ring (bicyclic) bond motifs is 1. The number of hydrogen-bond acceptors (Lipinski definition) is 9. The molecule has 3 aromatic carbocycles. The topological polar surface area (TPSA) is 127 Å². The molecular formula is C33H31ClF4N6O4S. The van der Waals surface area contributed by atoms with Crippen LogP contribution in [0.15, 0.2) is 79.1 Å². The van der Waals surface area contributed by atoms with Gasteiger partial charge in [-0.2, -0.15) is 0 Å². The number of rotatable bonds is 10. The van der Waals surface area contributed by atoms with Gasteiger partial charge in [-0.25, -0.2) is 27.8 Å². The van der Waals surface area contributed by atoms with Gasteiger partial charge in [-0.05, 0) is 79.9 Å². The van der Waals surface area contributed by atoms with Crippen LogP contribution in [0.25, 0.3) is 22.0 Å². The van der Waals surface area contributed by atoms with E-state index in [2.05, 4.69) is 30.1 Å². The minimum atomic E-state index is -4.89. The van der Waals surface area contributed by atoms with Crippen LogP contribution in [-0.2, 0) is 15.8 Å². The maximum Gasteiger partial charge on any atom is 0.573 e. The minimum Gasteiger partial charge on any atom is -0.437 e. The highest BCUT2D eigenvalue weighted by Crippen LogP contribution is 2.40. The summed E-state index contributed by atoms with van der Waals surface area (Å²) >= 11 is 0. The van der Waals surface area contributed by atoms with E-state index in [0.29, 0.717) is 33.9 Å². The maximum atomic E-state index is 15.2. The van der Waals surface area contributed by atoms with Crippen molar-refractivity contribution < 1.29 is 35.5 Å². The Morgan fingerprint density at radius 3 is 2.49 bits per heavy atom. The van der Waals surface area contributed by atoms with E-state index in [1.807, 2.05) is 0 Å². The lowest BCUT2D eigenvalue weighted by Gasteiger charge is -2.23. The number of benzene rings is 3. The second-order valence-corrected chi connectivity index (χ2v) is 12.9. The summed E-state index contributed by atoms with van der Waals surface area (Å²) in [6.45, 7) is 3.58. The Kier molecular flexibility index (Phi) is 10.7. The van der Waals surface area contributed by atoms with Gasteiger partial charge in [0.2, 0.25) is 21.9 Å². The van der Waals surface area contributed by atoms with Crippen LogP contribution in [0.4, 0.5) is 29.2 Å². The first-order chi connectivity index (χ1) is 22.9.